The summed E-state index contributed by atoms with van der Waals surface area (Å²) in [7, 11) is 0. The maximum absolute atomic E-state index is 13.2. The average Bonchev–Trinajstić information content (AvgIpc) is 3.41. The van der Waals surface area contributed by atoms with Crippen LogP contribution in [0.25, 0.3) is 20.7 Å². The van der Waals surface area contributed by atoms with E-state index >= 15 is 0 Å². The molecule has 4 rings (SSSR count). The predicted molar refractivity (Wildman–Crippen MR) is 121 cm³/mol. The van der Waals surface area contributed by atoms with Gasteiger partial charge in [0.1, 0.15) is 4.83 Å². The molecule has 1 atom stereocenters. The van der Waals surface area contributed by atoms with Crippen LogP contribution in [0.15, 0.2) is 59.0 Å². The summed E-state index contributed by atoms with van der Waals surface area (Å²) in [5, 5.41) is 0.893. The Morgan fingerprint density at radius 1 is 1.31 bits per heavy atom. The summed E-state index contributed by atoms with van der Waals surface area (Å²) in [5.41, 5.74) is 0.980. The molecular weight excluding hydrogens is 402 g/mol. The molecule has 5 nitrogen and oxygen atoms in total. The molecule has 1 amide bonds. The van der Waals surface area contributed by atoms with Crippen molar-refractivity contribution in [2.45, 2.75) is 36.7 Å². The van der Waals surface area contributed by atoms with Crippen LogP contribution in [-0.4, -0.2) is 38.7 Å². The van der Waals surface area contributed by atoms with Gasteiger partial charge >= 0.3 is 0 Å². The number of carbonyl (C=O) groups is 1. The van der Waals surface area contributed by atoms with Crippen LogP contribution in [0, 0.1) is 0 Å². The normalized spacial score (nSPS) is 15.0. The van der Waals surface area contributed by atoms with Gasteiger partial charge in [0.25, 0.3) is 5.56 Å². The lowest BCUT2D eigenvalue weighted by molar-refractivity contribution is -0.129. The Kier molecular flexibility index (Phi) is 5.87. The quantitative estimate of drug-likeness (QED) is 0.333. The van der Waals surface area contributed by atoms with Crippen LogP contribution in [-0.2, 0) is 11.3 Å². The molecule has 7 heteroatoms. The summed E-state index contributed by atoms with van der Waals surface area (Å²) >= 11 is 2.87. The number of allylic oxidation sites excluding steroid dienone is 1. The zero-order valence-corrected chi connectivity index (χ0v) is 18.0. The van der Waals surface area contributed by atoms with Gasteiger partial charge in [0.2, 0.25) is 5.91 Å². The second kappa shape index (κ2) is 8.55. The highest BCUT2D eigenvalue weighted by Crippen LogP contribution is 2.33. The first kappa shape index (κ1) is 19.9. The van der Waals surface area contributed by atoms with Crippen molar-refractivity contribution < 1.29 is 4.79 Å². The minimum atomic E-state index is -0.290. The van der Waals surface area contributed by atoms with Gasteiger partial charge in [0.15, 0.2) is 5.16 Å². The fourth-order valence-electron chi connectivity index (χ4n) is 3.53. The van der Waals surface area contributed by atoms with E-state index in [0.717, 1.165) is 36.4 Å². The minimum absolute atomic E-state index is 0.0864. The van der Waals surface area contributed by atoms with Gasteiger partial charge in [-0.05, 0) is 31.4 Å². The molecule has 1 aliphatic heterocycles. The SMILES string of the molecule is C=CCn1c(SC(C)C(=O)N2CCCC2)nc2sc(-c3ccccc3)cc2c1=O. The molecule has 0 aliphatic carbocycles. The lowest BCUT2D eigenvalue weighted by Gasteiger charge is -2.20. The molecule has 1 aliphatic rings. The maximum Gasteiger partial charge on any atom is 0.263 e. The van der Waals surface area contributed by atoms with Gasteiger partial charge < -0.3 is 4.90 Å². The van der Waals surface area contributed by atoms with E-state index in [9.17, 15) is 9.59 Å². The van der Waals surface area contributed by atoms with Gasteiger partial charge in [-0.2, -0.15) is 0 Å². The maximum atomic E-state index is 13.2. The molecule has 1 unspecified atom stereocenters. The van der Waals surface area contributed by atoms with Crippen LogP contribution in [0.3, 0.4) is 0 Å². The van der Waals surface area contributed by atoms with Gasteiger partial charge in [-0.25, -0.2) is 4.98 Å². The van der Waals surface area contributed by atoms with E-state index in [-0.39, 0.29) is 16.7 Å². The minimum Gasteiger partial charge on any atom is -0.342 e. The summed E-state index contributed by atoms with van der Waals surface area (Å²) in [6.45, 7) is 7.68. The fraction of sp³-hybridized carbons (Fsp3) is 0.318. The van der Waals surface area contributed by atoms with Gasteiger partial charge in [0, 0.05) is 24.5 Å². The van der Waals surface area contributed by atoms with Crippen molar-refractivity contribution >= 4 is 39.2 Å². The van der Waals surface area contributed by atoms with E-state index in [0.29, 0.717) is 21.9 Å². The Morgan fingerprint density at radius 2 is 2.03 bits per heavy atom. The number of carbonyl (C=O) groups excluding carboxylic acids is 1. The monoisotopic (exact) mass is 425 g/mol. The number of thiophene rings is 1. The molecule has 0 saturated carbocycles. The second-order valence-corrected chi connectivity index (χ2v) is 9.43. The number of rotatable bonds is 6. The fourth-order valence-corrected chi connectivity index (χ4v) is 5.60. The number of nitrogens with zero attached hydrogens (tertiary/aromatic N) is 3. The zero-order valence-electron chi connectivity index (χ0n) is 16.3. The molecule has 0 N–H and O–H groups in total. The molecule has 1 aromatic carbocycles. The Morgan fingerprint density at radius 3 is 2.72 bits per heavy atom. The molecule has 1 saturated heterocycles. The third kappa shape index (κ3) is 4.02. The highest BCUT2D eigenvalue weighted by atomic mass is 32.2. The highest BCUT2D eigenvalue weighted by molar-refractivity contribution is 8.00. The Bertz CT molecular complexity index is 1100. The summed E-state index contributed by atoms with van der Waals surface area (Å²) in [5.74, 6) is 0.114. The molecule has 3 heterocycles. The predicted octanol–water partition coefficient (Wildman–Crippen LogP) is 4.41. The van der Waals surface area contributed by atoms with Crippen LogP contribution in [0.5, 0.6) is 0 Å². The lowest BCUT2D eigenvalue weighted by Crippen LogP contribution is -2.34. The van der Waals surface area contributed by atoms with Crippen LogP contribution in [0.1, 0.15) is 19.8 Å². The number of thioether (sulfide) groups is 1. The molecule has 150 valence electrons. The van der Waals surface area contributed by atoms with E-state index in [1.165, 1.54) is 23.1 Å². The van der Waals surface area contributed by atoms with Gasteiger partial charge in [-0.15, -0.1) is 17.9 Å². The zero-order chi connectivity index (χ0) is 20.4. The van der Waals surface area contributed by atoms with E-state index in [2.05, 4.69) is 6.58 Å². The Labute approximate surface area is 178 Å². The van der Waals surface area contributed by atoms with Gasteiger partial charge in [-0.3, -0.25) is 14.2 Å². The lowest BCUT2D eigenvalue weighted by atomic mass is 10.2. The van der Waals surface area contributed by atoms with Gasteiger partial charge in [0.05, 0.1) is 10.6 Å². The number of benzene rings is 1. The number of amides is 1. The molecule has 0 radical (unpaired) electrons. The van der Waals surface area contributed by atoms with Crippen LogP contribution >= 0.6 is 23.1 Å². The second-order valence-electron chi connectivity index (χ2n) is 7.09. The van der Waals surface area contributed by atoms with Crippen molar-refractivity contribution in [1.29, 1.82) is 0 Å². The smallest absolute Gasteiger partial charge is 0.263 e. The highest BCUT2D eigenvalue weighted by Gasteiger charge is 2.26. The van der Waals surface area contributed by atoms with E-state index in [4.69, 9.17) is 4.98 Å². The summed E-state index contributed by atoms with van der Waals surface area (Å²) < 4.78 is 1.62. The van der Waals surface area contributed by atoms with Crippen molar-refractivity contribution in [3.8, 4) is 10.4 Å². The van der Waals surface area contributed by atoms with E-state index in [1.807, 2.05) is 48.2 Å². The van der Waals surface area contributed by atoms with Crippen LogP contribution in [0.4, 0.5) is 0 Å². The topological polar surface area (TPSA) is 55.2 Å². The Balaban J connectivity index is 1.72. The molecule has 3 aromatic rings. The summed E-state index contributed by atoms with van der Waals surface area (Å²) in [4.78, 5) is 34.3. The molecule has 0 spiro atoms. The standard InChI is InChI=1S/C22H23N3O2S2/c1-3-11-25-21(27)17-14-18(16-9-5-4-6-10-16)29-19(17)23-22(25)28-15(2)20(26)24-12-7-8-13-24/h3-6,9-10,14-15H,1,7-8,11-13H2,2H3. The first-order chi connectivity index (χ1) is 14.1. The first-order valence-electron chi connectivity index (χ1n) is 9.74. The molecular formula is C22H23N3O2S2. The van der Waals surface area contributed by atoms with Crippen LogP contribution in [0.2, 0.25) is 0 Å². The molecule has 1 fully saturated rings. The summed E-state index contributed by atoms with van der Waals surface area (Å²) in [6.07, 6.45) is 3.81. The van der Waals surface area contributed by atoms with Crippen molar-refractivity contribution in [2.24, 2.45) is 0 Å². The van der Waals surface area contributed by atoms with Crippen molar-refractivity contribution in [3.63, 3.8) is 0 Å². The number of aromatic nitrogens is 2. The molecule has 2 aromatic heterocycles. The average molecular weight is 426 g/mol. The number of fused-ring (bicyclic) bond motifs is 1. The Hall–Kier alpha value is -2.38. The molecule has 29 heavy (non-hydrogen) atoms. The first-order valence-corrected chi connectivity index (χ1v) is 11.4. The number of hydrogen-bond acceptors (Lipinski definition) is 5. The molecule has 0 bridgehead atoms. The number of hydrogen-bond donors (Lipinski definition) is 0. The van der Waals surface area contributed by atoms with Crippen molar-refractivity contribution in [3.05, 3.63) is 59.4 Å². The van der Waals surface area contributed by atoms with Gasteiger partial charge in [-0.1, -0.05) is 48.2 Å². The van der Waals surface area contributed by atoms with E-state index in [1.54, 1.807) is 10.6 Å². The number of likely N-dealkylation sites (tertiary alicyclic amines) is 1. The van der Waals surface area contributed by atoms with Crippen molar-refractivity contribution in [1.82, 2.24) is 14.5 Å². The summed E-state index contributed by atoms with van der Waals surface area (Å²) in [6, 6.07) is 11.9. The third-order valence-electron chi connectivity index (χ3n) is 5.03. The van der Waals surface area contributed by atoms with E-state index < -0.39 is 0 Å². The largest absolute Gasteiger partial charge is 0.342 e. The third-order valence-corrected chi connectivity index (χ3v) is 7.19. The van der Waals surface area contributed by atoms with Crippen LogP contribution < -0.4 is 5.56 Å². The van der Waals surface area contributed by atoms with Crippen molar-refractivity contribution in [2.75, 3.05) is 13.1 Å².